The summed E-state index contributed by atoms with van der Waals surface area (Å²) in [5, 5.41) is 3.70. The summed E-state index contributed by atoms with van der Waals surface area (Å²) in [5.41, 5.74) is 2.46. The molecule has 2 saturated heterocycles. The molecule has 4 rings (SSSR count). The van der Waals surface area contributed by atoms with Gasteiger partial charge in [0.25, 0.3) is 0 Å². The van der Waals surface area contributed by atoms with Crippen LogP contribution in [0.2, 0.25) is 0 Å². The molecule has 0 aliphatic carbocycles. The number of hydrogen-bond donors (Lipinski definition) is 1. The van der Waals surface area contributed by atoms with Gasteiger partial charge in [-0.25, -0.2) is 4.39 Å². The Morgan fingerprint density at radius 1 is 1.16 bits per heavy atom. The second kappa shape index (κ2) is 7.14. The summed E-state index contributed by atoms with van der Waals surface area (Å²) in [6.07, 6.45) is 2.42. The van der Waals surface area contributed by atoms with Crippen molar-refractivity contribution >= 4 is 0 Å². The van der Waals surface area contributed by atoms with Crippen LogP contribution in [0.15, 0.2) is 48.5 Å². The standard InChI is InChI=1S/C21H25FN2O/c1-25-20-7-3-2-5-16(20)14-24-12-4-6-19-21(24)18(13-23-19)15-8-10-17(22)11-9-15/h2-3,5,7-11,18-19,21,23H,4,6,12-14H2,1H3/t18-,19-,21-/m1/s1. The van der Waals surface area contributed by atoms with E-state index in [1.807, 2.05) is 24.3 Å². The first kappa shape index (κ1) is 16.6. The van der Waals surface area contributed by atoms with Gasteiger partial charge >= 0.3 is 0 Å². The molecule has 2 aromatic rings. The van der Waals surface area contributed by atoms with E-state index in [2.05, 4.69) is 22.3 Å². The minimum Gasteiger partial charge on any atom is -0.496 e. The van der Waals surface area contributed by atoms with Gasteiger partial charge in [-0.2, -0.15) is 0 Å². The van der Waals surface area contributed by atoms with Gasteiger partial charge in [0.15, 0.2) is 0 Å². The maximum absolute atomic E-state index is 13.3. The molecule has 132 valence electrons. The van der Waals surface area contributed by atoms with Gasteiger partial charge in [-0.15, -0.1) is 0 Å². The molecule has 0 spiro atoms. The van der Waals surface area contributed by atoms with Crippen LogP contribution in [0.1, 0.15) is 29.9 Å². The van der Waals surface area contributed by atoms with Crippen LogP contribution in [0.3, 0.4) is 0 Å². The van der Waals surface area contributed by atoms with Crippen molar-refractivity contribution in [3.05, 3.63) is 65.5 Å². The molecule has 2 aliphatic heterocycles. The van der Waals surface area contributed by atoms with Gasteiger partial charge < -0.3 is 10.1 Å². The van der Waals surface area contributed by atoms with Crippen LogP contribution in [-0.4, -0.2) is 37.2 Å². The largest absolute Gasteiger partial charge is 0.496 e. The van der Waals surface area contributed by atoms with Gasteiger partial charge in [0.1, 0.15) is 11.6 Å². The molecule has 0 amide bonds. The zero-order valence-corrected chi connectivity index (χ0v) is 14.6. The maximum Gasteiger partial charge on any atom is 0.123 e. The number of nitrogens with zero attached hydrogens (tertiary/aromatic N) is 1. The Morgan fingerprint density at radius 3 is 2.76 bits per heavy atom. The Labute approximate surface area is 148 Å². The Balaban J connectivity index is 1.60. The summed E-state index contributed by atoms with van der Waals surface area (Å²) in [6, 6.07) is 16.3. The SMILES string of the molecule is COc1ccccc1CN1CCC[C@H]2NC[C@H](c3ccc(F)cc3)[C@H]21. The smallest absolute Gasteiger partial charge is 0.123 e. The van der Waals surface area contributed by atoms with Crippen molar-refractivity contribution in [2.45, 2.75) is 37.4 Å². The highest BCUT2D eigenvalue weighted by Gasteiger charge is 2.42. The number of benzene rings is 2. The third kappa shape index (κ3) is 3.29. The Bertz CT molecular complexity index is 718. The summed E-state index contributed by atoms with van der Waals surface area (Å²) in [5.74, 6) is 1.19. The summed E-state index contributed by atoms with van der Waals surface area (Å²) in [7, 11) is 1.73. The van der Waals surface area contributed by atoms with Gasteiger partial charge in [0, 0.05) is 36.7 Å². The number of piperidine rings is 1. The number of methoxy groups -OCH3 is 1. The number of fused-ring (bicyclic) bond motifs is 1. The van der Waals surface area contributed by atoms with Crippen LogP contribution in [-0.2, 0) is 6.54 Å². The molecule has 0 unspecified atom stereocenters. The molecule has 4 heteroatoms. The normalized spacial score (nSPS) is 26.4. The maximum atomic E-state index is 13.3. The van der Waals surface area contributed by atoms with E-state index >= 15 is 0 Å². The molecule has 1 N–H and O–H groups in total. The quantitative estimate of drug-likeness (QED) is 0.921. The van der Waals surface area contributed by atoms with E-state index < -0.39 is 0 Å². The fourth-order valence-electron chi connectivity index (χ4n) is 4.51. The molecular formula is C21H25FN2O. The lowest BCUT2D eigenvalue weighted by Crippen LogP contribution is -2.49. The van der Waals surface area contributed by atoms with Crippen molar-refractivity contribution in [3.8, 4) is 5.75 Å². The van der Waals surface area contributed by atoms with Gasteiger partial charge in [0.2, 0.25) is 0 Å². The Hall–Kier alpha value is -1.91. The van der Waals surface area contributed by atoms with Crippen LogP contribution < -0.4 is 10.1 Å². The third-order valence-corrected chi connectivity index (χ3v) is 5.67. The molecule has 0 bridgehead atoms. The summed E-state index contributed by atoms with van der Waals surface area (Å²) in [4.78, 5) is 2.58. The highest BCUT2D eigenvalue weighted by Crippen LogP contribution is 2.36. The summed E-state index contributed by atoms with van der Waals surface area (Å²) in [6.45, 7) is 2.95. The monoisotopic (exact) mass is 340 g/mol. The first-order valence-electron chi connectivity index (χ1n) is 9.11. The number of nitrogens with one attached hydrogen (secondary N) is 1. The molecule has 3 atom stereocenters. The Kier molecular flexibility index (Phi) is 4.73. The molecule has 2 aliphatic rings. The second-order valence-electron chi connectivity index (χ2n) is 7.09. The lowest BCUT2D eigenvalue weighted by Gasteiger charge is -2.40. The summed E-state index contributed by atoms with van der Waals surface area (Å²) >= 11 is 0. The van der Waals surface area contributed by atoms with Crippen LogP contribution in [0, 0.1) is 5.82 Å². The fraction of sp³-hybridized carbons (Fsp3) is 0.429. The zero-order valence-electron chi connectivity index (χ0n) is 14.6. The van der Waals surface area contributed by atoms with Crippen molar-refractivity contribution in [1.29, 1.82) is 0 Å². The second-order valence-corrected chi connectivity index (χ2v) is 7.09. The van der Waals surface area contributed by atoms with Crippen LogP contribution in [0.25, 0.3) is 0 Å². The first-order valence-corrected chi connectivity index (χ1v) is 9.11. The van der Waals surface area contributed by atoms with Gasteiger partial charge in [-0.05, 0) is 43.1 Å². The van der Waals surface area contributed by atoms with E-state index in [1.165, 1.54) is 24.0 Å². The van der Waals surface area contributed by atoms with Gasteiger partial charge in [0.05, 0.1) is 7.11 Å². The molecule has 2 heterocycles. The van der Waals surface area contributed by atoms with Crippen LogP contribution >= 0.6 is 0 Å². The minimum atomic E-state index is -0.166. The van der Waals surface area contributed by atoms with E-state index in [0.29, 0.717) is 18.0 Å². The molecule has 2 aromatic carbocycles. The van der Waals surface area contributed by atoms with Crippen molar-refractivity contribution < 1.29 is 9.13 Å². The summed E-state index contributed by atoms with van der Waals surface area (Å²) < 4.78 is 18.9. The lowest BCUT2D eigenvalue weighted by molar-refractivity contribution is 0.119. The third-order valence-electron chi connectivity index (χ3n) is 5.67. The fourth-order valence-corrected chi connectivity index (χ4v) is 4.51. The number of para-hydroxylation sites is 1. The molecule has 3 nitrogen and oxygen atoms in total. The highest BCUT2D eigenvalue weighted by atomic mass is 19.1. The molecule has 25 heavy (non-hydrogen) atoms. The van der Waals surface area contributed by atoms with Crippen molar-refractivity contribution in [2.24, 2.45) is 0 Å². The number of rotatable bonds is 4. The number of likely N-dealkylation sites (tertiary alicyclic amines) is 1. The van der Waals surface area contributed by atoms with Crippen LogP contribution in [0.4, 0.5) is 4.39 Å². The van der Waals surface area contributed by atoms with Gasteiger partial charge in [-0.1, -0.05) is 30.3 Å². The van der Waals surface area contributed by atoms with E-state index in [0.717, 1.165) is 25.4 Å². The predicted octanol–water partition coefficient (Wildman–Crippen LogP) is 3.55. The van der Waals surface area contributed by atoms with Crippen molar-refractivity contribution in [2.75, 3.05) is 20.2 Å². The molecular weight excluding hydrogens is 315 g/mol. The Morgan fingerprint density at radius 2 is 1.96 bits per heavy atom. The molecule has 0 saturated carbocycles. The average Bonchev–Trinajstić information content (AvgIpc) is 3.08. The van der Waals surface area contributed by atoms with E-state index in [1.54, 1.807) is 19.2 Å². The number of hydrogen-bond acceptors (Lipinski definition) is 3. The van der Waals surface area contributed by atoms with Crippen molar-refractivity contribution in [3.63, 3.8) is 0 Å². The van der Waals surface area contributed by atoms with Gasteiger partial charge in [-0.3, -0.25) is 4.90 Å². The number of halogens is 1. The first-order chi connectivity index (χ1) is 12.3. The minimum absolute atomic E-state index is 0.166. The number of ether oxygens (including phenoxy) is 1. The molecule has 2 fully saturated rings. The van der Waals surface area contributed by atoms with E-state index in [4.69, 9.17) is 4.74 Å². The van der Waals surface area contributed by atoms with Crippen LogP contribution in [0.5, 0.6) is 5.75 Å². The zero-order chi connectivity index (χ0) is 17.2. The molecule has 0 radical (unpaired) electrons. The lowest BCUT2D eigenvalue weighted by atomic mass is 9.86. The topological polar surface area (TPSA) is 24.5 Å². The van der Waals surface area contributed by atoms with Crippen molar-refractivity contribution in [1.82, 2.24) is 10.2 Å². The highest BCUT2D eigenvalue weighted by molar-refractivity contribution is 5.34. The van der Waals surface area contributed by atoms with E-state index in [9.17, 15) is 4.39 Å². The predicted molar refractivity (Wildman–Crippen MR) is 97.4 cm³/mol. The average molecular weight is 340 g/mol. The molecule has 0 aromatic heterocycles. The van der Waals surface area contributed by atoms with E-state index in [-0.39, 0.29) is 5.82 Å².